The van der Waals surface area contributed by atoms with Gasteiger partial charge in [-0.1, -0.05) is 12.1 Å². The topological polar surface area (TPSA) is 148 Å². The molecule has 0 aliphatic heterocycles. The second-order valence-electron chi connectivity index (χ2n) is 4.73. The van der Waals surface area contributed by atoms with Crippen LogP contribution in [-0.2, 0) is 20.2 Å². The van der Waals surface area contributed by atoms with Crippen LogP contribution in [0.25, 0.3) is 21.7 Å². The number of hydrogen-bond donors (Lipinski definition) is 1. The van der Waals surface area contributed by atoms with Gasteiger partial charge in [0.15, 0.2) is 0 Å². The molecule has 0 fully saturated rings. The van der Waals surface area contributed by atoms with Crippen LogP contribution in [0.1, 0.15) is 0 Å². The largest absolute Gasteiger partial charge is 1.00 e. The molecule has 0 aliphatic rings. The molecule has 0 unspecified atom stereocenters. The van der Waals surface area contributed by atoms with Crippen LogP contribution in [0, 0.1) is 0 Å². The fraction of sp³-hybridized carbons (Fsp3) is 0. The Hall–Kier alpha value is -0.270. The summed E-state index contributed by atoms with van der Waals surface area (Å²) in [5, 5.41) is 12.6. The second-order valence-corrected chi connectivity index (χ2v) is 7.53. The van der Waals surface area contributed by atoms with E-state index in [-0.39, 0.29) is 70.0 Å². The molecule has 1 N–H and O–H groups in total. The van der Waals surface area contributed by atoms with Crippen LogP contribution in [-0.4, -0.2) is 30.9 Å². The van der Waals surface area contributed by atoms with Crippen molar-refractivity contribution >= 4 is 41.9 Å². The molecule has 2 aromatic carbocycles. The summed E-state index contributed by atoms with van der Waals surface area (Å²) in [6.45, 7) is 0. The summed E-state index contributed by atoms with van der Waals surface area (Å²) < 4.78 is 64.4. The zero-order valence-corrected chi connectivity index (χ0v) is 18.8. The second kappa shape index (κ2) is 7.77. The fourth-order valence-corrected chi connectivity index (χ4v) is 3.25. The zero-order valence-electron chi connectivity index (χ0n) is 13.1. The van der Waals surface area contributed by atoms with E-state index >= 15 is 0 Å². The minimum absolute atomic E-state index is 0. The summed E-state index contributed by atoms with van der Waals surface area (Å²) in [6, 6.07) is 6.76. The van der Waals surface area contributed by atoms with Gasteiger partial charge in [-0.2, -0.15) is 8.42 Å². The third-order valence-electron chi connectivity index (χ3n) is 3.29. The third-order valence-corrected chi connectivity index (χ3v) is 4.97. The number of nitrogens with zero attached hydrogens (tertiary/aromatic N) is 1. The number of hydrogen-bond acceptors (Lipinski definition) is 7. The van der Waals surface area contributed by atoms with E-state index in [0.717, 1.165) is 24.3 Å². The zero-order chi connectivity index (χ0) is 17.0. The Kier molecular flexibility index (Phi) is 7.07. The van der Waals surface area contributed by atoms with E-state index in [1.807, 2.05) is 0 Å². The van der Waals surface area contributed by atoms with E-state index in [9.17, 15) is 26.5 Å². The van der Waals surface area contributed by atoms with E-state index in [4.69, 9.17) is 4.55 Å². The molecule has 12 heteroatoms. The Morgan fingerprint density at radius 3 is 1.96 bits per heavy atom. The van der Waals surface area contributed by atoms with Gasteiger partial charge in [0.25, 0.3) is 10.1 Å². The average molecular weight is 399 g/mol. The summed E-state index contributed by atoms with van der Waals surface area (Å²) in [5.41, 5.74) is 0.0235. The molecule has 1 aromatic heterocycles. The maximum absolute atomic E-state index is 12.0. The third kappa shape index (κ3) is 4.53. The van der Waals surface area contributed by atoms with Gasteiger partial charge in [0.2, 0.25) is 0 Å². The summed E-state index contributed by atoms with van der Waals surface area (Å²) >= 11 is 0. The Balaban J connectivity index is 0.00000156. The number of fused-ring (bicyclic) bond motifs is 3. The van der Waals surface area contributed by atoms with Gasteiger partial charge in [-0.15, -0.1) is 0 Å². The summed E-state index contributed by atoms with van der Waals surface area (Å²) in [4.78, 5) is 2.69. The normalized spacial score (nSPS) is 11.8. The molecule has 0 amide bonds. The van der Waals surface area contributed by atoms with Gasteiger partial charge in [0.1, 0.15) is 10.1 Å². The molecule has 8 nitrogen and oxygen atoms in total. The van der Waals surface area contributed by atoms with Crippen molar-refractivity contribution in [2.75, 3.05) is 0 Å². The van der Waals surface area contributed by atoms with Gasteiger partial charge < -0.3 is 9.66 Å². The molecule has 120 valence electrons. The maximum atomic E-state index is 12.0. The van der Waals surface area contributed by atoms with Crippen molar-refractivity contribution in [3.8, 4) is 5.88 Å². The van der Waals surface area contributed by atoms with E-state index in [1.165, 1.54) is 12.1 Å². The summed E-state index contributed by atoms with van der Waals surface area (Å²) in [5.74, 6) is -0.814. The molecule has 0 bridgehead atoms. The van der Waals surface area contributed by atoms with Crippen LogP contribution in [0.5, 0.6) is 5.88 Å². The first-order valence-corrected chi connectivity index (χ1v) is 8.90. The number of pyridine rings is 1. The smallest absolute Gasteiger partial charge is 0.858 e. The quantitative estimate of drug-likeness (QED) is 0.255. The Labute approximate surface area is 187 Å². The molecular weight excluding hydrogens is 392 g/mol. The van der Waals surface area contributed by atoms with Crippen LogP contribution in [0.2, 0.25) is 0 Å². The van der Waals surface area contributed by atoms with Gasteiger partial charge >= 0.3 is 59.1 Å². The van der Waals surface area contributed by atoms with Gasteiger partial charge in [-0.25, -0.2) is 8.42 Å². The van der Waals surface area contributed by atoms with E-state index in [0.29, 0.717) is 10.8 Å². The summed E-state index contributed by atoms with van der Waals surface area (Å²) in [6.07, 6.45) is 0. The van der Waals surface area contributed by atoms with Crippen molar-refractivity contribution < 1.29 is 90.2 Å². The van der Waals surface area contributed by atoms with Crippen molar-refractivity contribution in [2.45, 2.75) is 9.79 Å². The molecular formula is C13H7NNa2O7S2. The molecule has 0 aliphatic carbocycles. The Bertz CT molecular complexity index is 1180. The van der Waals surface area contributed by atoms with Gasteiger partial charge in [0.05, 0.1) is 15.3 Å². The van der Waals surface area contributed by atoms with Gasteiger partial charge in [-0.05, 0) is 40.9 Å². The van der Waals surface area contributed by atoms with Gasteiger partial charge in [0, 0.05) is 5.39 Å². The van der Waals surface area contributed by atoms with Crippen molar-refractivity contribution in [3.05, 3.63) is 36.4 Å². The van der Waals surface area contributed by atoms with Crippen molar-refractivity contribution in [3.63, 3.8) is 0 Å². The molecule has 0 saturated heterocycles. The molecule has 0 saturated carbocycles. The monoisotopic (exact) mass is 399 g/mol. The first-order valence-electron chi connectivity index (χ1n) is 6.05. The summed E-state index contributed by atoms with van der Waals surface area (Å²) in [7, 11) is -9.17. The molecule has 3 aromatic rings. The molecule has 0 radical (unpaired) electrons. The predicted molar refractivity (Wildman–Crippen MR) is 76.5 cm³/mol. The van der Waals surface area contributed by atoms with Crippen molar-refractivity contribution in [2.24, 2.45) is 0 Å². The Morgan fingerprint density at radius 2 is 1.40 bits per heavy atom. The Morgan fingerprint density at radius 1 is 0.840 bits per heavy atom. The molecule has 25 heavy (non-hydrogen) atoms. The standard InChI is InChI=1S/C13H9NO7S2.2Na/c15-13-11-5-7(22(16,17)18)1-3-9(11)10-4-2-8(23(19,20)21)6-12(10)14-13;;/h1-6H,(H,14,15)(H,16,17,18)(H,19,20,21);;/q;2*+1/p-2. The first-order chi connectivity index (χ1) is 10.6. The van der Waals surface area contributed by atoms with Crippen LogP contribution in [0.4, 0.5) is 0 Å². The van der Waals surface area contributed by atoms with E-state index < -0.39 is 35.9 Å². The molecule has 1 heterocycles. The maximum Gasteiger partial charge on any atom is 1.00 e. The van der Waals surface area contributed by atoms with Crippen LogP contribution >= 0.6 is 0 Å². The van der Waals surface area contributed by atoms with Gasteiger partial charge in [-0.3, -0.25) is 9.54 Å². The fourth-order valence-electron chi connectivity index (χ4n) is 2.25. The van der Waals surface area contributed by atoms with Crippen molar-refractivity contribution in [1.29, 1.82) is 0 Å². The minimum Gasteiger partial charge on any atom is -0.858 e. The van der Waals surface area contributed by atoms with Crippen LogP contribution < -0.4 is 64.2 Å². The molecule has 0 atom stereocenters. The molecule has 0 spiro atoms. The van der Waals surface area contributed by atoms with E-state index in [1.54, 1.807) is 0 Å². The predicted octanol–water partition coefficient (Wildman–Crippen LogP) is -5.38. The van der Waals surface area contributed by atoms with Crippen LogP contribution in [0.3, 0.4) is 0 Å². The first kappa shape index (κ1) is 22.8. The minimum atomic E-state index is -4.72. The van der Waals surface area contributed by atoms with Crippen molar-refractivity contribution in [1.82, 2.24) is 4.98 Å². The number of aromatic nitrogens is 1. The van der Waals surface area contributed by atoms with E-state index in [2.05, 4.69) is 4.98 Å². The number of rotatable bonds is 2. The molecule has 3 rings (SSSR count). The SMILES string of the molecule is O=S(=O)([O-])c1ccc2c(c1)c([O-])nc1cc(S(=O)(=O)O)ccc12.[Na+].[Na+]. The number of benzene rings is 2. The van der Waals surface area contributed by atoms with Crippen LogP contribution in [0.15, 0.2) is 46.2 Å². The average Bonchev–Trinajstić information content (AvgIpc) is 2.44.